The summed E-state index contributed by atoms with van der Waals surface area (Å²) in [5, 5.41) is 13.6. The molecule has 4 rings (SSSR count). The van der Waals surface area contributed by atoms with Crippen LogP contribution in [0.15, 0.2) is 24.7 Å². The Morgan fingerprint density at radius 3 is 2.77 bits per heavy atom. The van der Waals surface area contributed by atoms with Crippen LogP contribution in [0, 0.1) is 16.7 Å². The summed E-state index contributed by atoms with van der Waals surface area (Å²) in [5.74, 6) is 1.17. The minimum absolute atomic E-state index is 0.267. The van der Waals surface area contributed by atoms with Crippen LogP contribution in [0.5, 0.6) is 5.88 Å². The molecule has 0 aromatic carbocycles. The third-order valence-electron chi connectivity index (χ3n) is 5.88. The number of anilines is 1. The fourth-order valence-electron chi connectivity index (χ4n) is 3.98. The first-order chi connectivity index (χ1) is 14.7. The summed E-state index contributed by atoms with van der Waals surface area (Å²) in [6.07, 6.45) is 12.3. The largest absolute Gasteiger partial charge is 0.475 e. The van der Waals surface area contributed by atoms with Gasteiger partial charge >= 0.3 is 0 Å². The van der Waals surface area contributed by atoms with Crippen molar-refractivity contribution in [2.75, 3.05) is 25.1 Å². The van der Waals surface area contributed by atoms with Crippen molar-refractivity contribution in [1.82, 2.24) is 15.0 Å². The second-order valence-corrected chi connectivity index (χ2v) is 8.47. The van der Waals surface area contributed by atoms with Gasteiger partial charge in [0.15, 0.2) is 0 Å². The molecule has 0 amide bonds. The van der Waals surface area contributed by atoms with E-state index in [4.69, 9.17) is 21.1 Å². The van der Waals surface area contributed by atoms with Gasteiger partial charge in [0, 0.05) is 31.0 Å². The van der Waals surface area contributed by atoms with Gasteiger partial charge in [-0.3, -0.25) is 4.98 Å². The number of nitrogens with zero attached hydrogens (tertiary/aromatic N) is 4. The maximum Gasteiger partial charge on any atom is 0.232 e. The van der Waals surface area contributed by atoms with Crippen molar-refractivity contribution in [3.05, 3.63) is 29.7 Å². The maximum absolute atomic E-state index is 9.60. The van der Waals surface area contributed by atoms with Gasteiger partial charge in [-0.15, -0.1) is 0 Å². The predicted octanol–water partition coefficient (Wildman–Crippen LogP) is 4.64. The Balaban J connectivity index is 1.49. The molecule has 2 aromatic rings. The number of rotatable bonds is 6. The van der Waals surface area contributed by atoms with Crippen LogP contribution in [0.25, 0.3) is 11.3 Å². The van der Waals surface area contributed by atoms with E-state index in [1.165, 1.54) is 19.3 Å². The fraction of sp³-hybridized carbons (Fsp3) is 0.545. The average molecular weight is 428 g/mol. The van der Waals surface area contributed by atoms with E-state index in [1.807, 2.05) is 6.07 Å². The average Bonchev–Trinajstić information content (AvgIpc) is 2.80. The van der Waals surface area contributed by atoms with Crippen molar-refractivity contribution in [3.8, 4) is 23.2 Å². The van der Waals surface area contributed by atoms with Crippen molar-refractivity contribution in [2.45, 2.75) is 51.0 Å². The molecule has 0 atom stereocenters. The lowest BCUT2D eigenvalue weighted by Gasteiger charge is -2.29. The van der Waals surface area contributed by atoms with Gasteiger partial charge in [-0.1, -0.05) is 30.9 Å². The Labute approximate surface area is 181 Å². The van der Waals surface area contributed by atoms with E-state index in [1.54, 1.807) is 18.6 Å². The van der Waals surface area contributed by atoms with Gasteiger partial charge in [0.05, 0.1) is 34.6 Å². The monoisotopic (exact) mass is 427 g/mol. The van der Waals surface area contributed by atoms with Crippen LogP contribution >= 0.6 is 11.6 Å². The zero-order valence-corrected chi connectivity index (χ0v) is 17.7. The first-order valence-corrected chi connectivity index (χ1v) is 10.9. The highest BCUT2D eigenvalue weighted by Gasteiger charge is 2.34. The molecule has 2 aliphatic rings. The van der Waals surface area contributed by atoms with Crippen molar-refractivity contribution in [1.29, 1.82) is 5.26 Å². The first kappa shape index (κ1) is 20.8. The molecule has 1 aliphatic heterocycles. The number of hydrogen-bond acceptors (Lipinski definition) is 7. The zero-order valence-electron chi connectivity index (χ0n) is 16.9. The second kappa shape index (κ2) is 9.59. The second-order valence-electron chi connectivity index (χ2n) is 8.06. The standard InChI is InChI=1S/C22H26ClN5O2/c23-18-11-26-20(27-16-4-2-1-3-5-16)10-17(18)19-12-25-13-21(28-19)30-15-22(14-24)6-8-29-9-7-22/h10-13,16H,1-9,15H2,(H,26,27). The topological polar surface area (TPSA) is 93.0 Å². The number of aromatic nitrogens is 3. The summed E-state index contributed by atoms with van der Waals surface area (Å²) in [4.78, 5) is 13.3. The van der Waals surface area contributed by atoms with Gasteiger partial charge in [0.2, 0.25) is 5.88 Å². The molecule has 158 valence electrons. The molecule has 2 fully saturated rings. The predicted molar refractivity (Wildman–Crippen MR) is 114 cm³/mol. The van der Waals surface area contributed by atoms with E-state index < -0.39 is 5.41 Å². The Morgan fingerprint density at radius 1 is 1.20 bits per heavy atom. The molecule has 0 spiro atoms. The van der Waals surface area contributed by atoms with E-state index in [0.717, 1.165) is 24.2 Å². The number of hydrogen-bond donors (Lipinski definition) is 1. The minimum atomic E-state index is -0.540. The molecule has 7 nitrogen and oxygen atoms in total. The third-order valence-corrected chi connectivity index (χ3v) is 6.19. The lowest BCUT2D eigenvalue weighted by molar-refractivity contribution is 0.0182. The van der Waals surface area contributed by atoms with E-state index in [9.17, 15) is 5.26 Å². The summed E-state index contributed by atoms with van der Waals surface area (Å²) in [6, 6.07) is 4.76. The Hall–Kier alpha value is -2.43. The van der Waals surface area contributed by atoms with Gasteiger partial charge in [-0.25, -0.2) is 9.97 Å². The molecule has 1 aliphatic carbocycles. The summed E-state index contributed by atoms with van der Waals surface area (Å²) in [7, 11) is 0. The zero-order chi connectivity index (χ0) is 20.8. The van der Waals surface area contributed by atoms with E-state index in [-0.39, 0.29) is 6.61 Å². The van der Waals surface area contributed by atoms with Gasteiger partial charge in [0.1, 0.15) is 12.4 Å². The summed E-state index contributed by atoms with van der Waals surface area (Å²) < 4.78 is 11.2. The highest BCUT2D eigenvalue weighted by Crippen LogP contribution is 2.32. The minimum Gasteiger partial charge on any atom is -0.475 e. The lowest BCUT2D eigenvalue weighted by Crippen LogP contribution is -2.34. The number of ether oxygens (including phenoxy) is 2. The quantitative estimate of drug-likeness (QED) is 0.717. The van der Waals surface area contributed by atoms with Crippen molar-refractivity contribution < 1.29 is 9.47 Å². The highest BCUT2D eigenvalue weighted by atomic mass is 35.5. The van der Waals surface area contributed by atoms with Crippen LogP contribution in [0.4, 0.5) is 5.82 Å². The molecule has 1 N–H and O–H groups in total. The molecule has 8 heteroatoms. The third kappa shape index (κ3) is 5.00. The Morgan fingerprint density at radius 2 is 2.00 bits per heavy atom. The van der Waals surface area contributed by atoms with Crippen LogP contribution in [-0.2, 0) is 4.74 Å². The summed E-state index contributed by atoms with van der Waals surface area (Å²) in [6.45, 7) is 1.42. The molecule has 1 saturated carbocycles. The van der Waals surface area contributed by atoms with Gasteiger partial charge in [-0.05, 0) is 31.7 Å². The summed E-state index contributed by atoms with van der Waals surface area (Å²) in [5.41, 5.74) is 0.829. The fourth-order valence-corrected chi connectivity index (χ4v) is 4.18. The van der Waals surface area contributed by atoms with E-state index >= 15 is 0 Å². The molecule has 30 heavy (non-hydrogen) atoms. The molecular formula is C22H26ClN5O2. The van der Waals surface area contributed by atoms with Crippen molar-refractivity contribution >= 4 is 17.4 Å². The number of pyridine rings is 1. The van der Waals surface area contributed by atoms with Gasteiger partial charge in [-0.2, -0.15) is 5.26 Å². The summed E-state index contributed by atoms with van der Waals surface area (Å²) >= 11 is 6.41. The Bertz CT molecular complexity index is 905. The Kier molecular flexibility index (Phi) is 6.66. The van der Waals surface area contributed by atoms with Gasteiger partial charge < -0.3 is 14.8 Å². The highest BCUT2D eigenvalue weighted by molar-refractivity contribution is 6.33. The van der Waals surface area contributed by atoms with Gasteiger partial charge in [0.25, 0.3) is 0 Å². The molecule has 1 saturated heterocycles. The van der Waals surface area contributed by atoms with Crippen LogP contribution < -0.4 is 10.1 Å². The molecule has 0 bridgehead atoms. The SMILES string of the molecule is N#CC1(COc2cncc(-c3cc(NC4CCCCC4)ncc3Cl)n2)CCOCC1. The maximum atomic E-state index is 9.60. The molecule has 0 unspecified atom stereocenters. The number of halogens is 1. The number of nitriles is 1. The lowest BCUT2D eigenvalue weighted by atomic mass is 9.83. The van der Waals surface area contributed by atoms with Crippen LogP contribution in [0.2, 0.25) is 5.02 Å². The molecule has 0 radical (unpaired) electrons. The molecular weight excluding hydrogens is 402 g/mol. The first-order valence-electron chi connectivity index (χ1n) is 10.5. The van der Waals surface area contributed by atoms with Crippen LogP contribution in [0.1, 0.15) is 44.9 Å². The molecule has 2 aromatic heterocycles. The van der Waals surface area contributed by atoms with E-state index in [2.05, 4.69) is 26.3 Å². The van der Waals surface area contributed by atoms with Crippen LogP contribution in [-0.4, -0.2) is 40.8 Å². The smallest absolute Gasteiger partial charge is 0.232 e. The van der Waals surface area contributed by atoms with Crippen molar-refractivity contribution in [3.63, 3.8) is 0 Å². The van der Waals surface area contributed by atoms with Crippen LogP contribution in [0.3, 0.4) is 0 Å². The van der Waals surface area contributed by atoms with E-state index in [0.29, 0.717) is 48.7 Å². The van der Waals surface area contributed by atoms with Crippen molar-refractivity contribution in [2.24, 2.45) is 5.41 Å². The number of nitrogens with one attached hydrogen (secondary N) is 1. The normalized spacial score (nSPS) is 19.1. The molecule has 3 heterocycles.